The number of benzene rings is 1. The van der Waals surface area contributed by atoms with Gasteiger partial charge >= 0.3 is 0 Å². The van der Waals surface area contributed by atoms with Crippen LogP contribution in [0.3, 0.4) is 0 Å². The number of halogens is 1. The third kappa shape index (κ3) is 5.66. The lowest BCUT2D eigenvalue weighted by atomic mass is 10.1. The van der Waals surface area contributed by atoms with Crippen molar-refractivity contribution < 1.29 is 18.7 Å². The highest BCUT2D eigenvalue weighted by Crippen LogP contribution is 2.28. The fourth-order valence-corrected chi connectivity index (χ4v) is 3.29. The first-order valence-electron chi connectivity index (χ1n) is 9.32. The van der Waals surface area contributed by atoms with Crippen LogP contribution in [0.1, 0.15) is 30.9 Å². The Bertz CT molecular complexity index is 675. The SMILES string of the molecule is COc1ccc(F)cc1C1C=C(NC(=O)CCCN2CCCOCC2)NN1. The third-order valence-corrected chi connectivity index (χ3v) is 4.69. The van der Waals surface area contributed by atoms with Gasteiger partial charge in [-0.3, -0.25) is 4.79 Å². The van der Waals surface area contributed by atoms with E-state index < -0.39 is 0 Å². The molecule has 0 spiro atoms. The Morgan fingerprint density at radius 2 is 2.30 bits per heavy atom. The predicted octanol–water partition coefficient (Wildman–Crippen LogP) is 1.44. The maximum absolute atomic E-state index is 13.6. The molecular weight excluding hydrogens is 351 g/mol. The quantitative estimate of drug-likeness (QED) is 0.667. The van der Waals surface area contributed by atoms with Gasteiger partial charge < -0.3 is 25.1 Å². The topological polar surface area (TPSA) is 74.9 Å². The van der Waals surface area contributed by atoms with E-state index in [1.807, 2.05) is 0 Å². The zero-order valence-electron chi connectivity index (χ0n) is 15.6. The van der Waals surface area contributed by atoms with Crippen molar-refractivity contribution in [1.82, 2.24) is 21.1 Å². The second-order valence-corrected chi connectivity index (χ2v) is 6.67. The molecule has 1 unspecified atom stereocenters. The van der Waals surface area contributed by atoms with Crippen molar-refractivity contribution in [2.24, 2.45) is 0 Å². The van der Waals surface area contributed by atoms with Crippen molar-refractivity contribution in [3.63, 3.8) is 0 Å². The summed E-state index contributed by atoms with van der Waals surface area (Å²) in [6.45, 7) is 4.43. The largest absolute Gasteiger partial charge is 0.496 e. The van der Waals surface area contributed by atoms with Gasteiger partial charge in [-0.25, -0.2) is 9.82 Å². The number of carbonyl (C=O) groups is 1. The molecule has 0 aromatic heterocycles. The Morgan fingerprint density at radius 1 is 1.41 bits per heavy atom. The van der Waals surface area contributed by atoms with Crippen molar-refractivity contribution in [2.45, 2.75) is 25.3 Å². The van der Waals surface area contributed by atoms with Gasteiger partial charge in [-0.1, -0.05) is 0 Å². The molecule has 3 N–H and O–H groups in total. The van der Waals surface area contributed by atoms with Gasteiger partial charge in [-0.2, -0.15) is 0 Å². The standard InChI is InChI=1S/C19H27FN4O3/c1-26-17-6-5-14(20)12-15(17)16-13-18(23-22-16)21-19(25)4-2-7-24-8-3-10-27-11-9-24/h5-6,12-13,16,22-23H,2-4,7-11H2,1H3,(H,21,25). The molecular formula is C19H27FN4O3. The maximum Gasteiger partial charge on any atom is 0.225 e. The first kappa shape index (κ1) is 19.6. The summed E-state index contributed by atoms with van der Waals surface area (Å²) in [4.78, 5) is 14.5. The van der Waals surface area contributed by atoms with Gasteiger partial charge in [0.15, 0.2) is 0 Å². The van der Waals surface area contributed by atoms with Crippen LogP contribution in [0, 0.1) is 5.82 Å². The normalized spacial score (nSPS) is 20.5. The summed E-state index contributed by atoms with van der Waals surface area (Å²) in [7, 11) is 1.54. The molecule has 148 valence electrons. The number of nitrogens with zero attached hydrogens (tertiary/aromatic N) is 1. The van der Waals surface area contributed by atoms with Crippen molar-refractivity contribution in [3.05, 3.63) is 41.5 Å². The summed E-state index contributed by atoms with van der Waals surface area (Å²) < 4.78 is 24.3. The minimum atomic E-state index is -0.336. The Labute approximate surface area is 158 Å². The van der Waals surface area contributed by atoms with Gasteiger partial charge in [0.05, 0.1) is 19.8 Å². The molecule has 2 heterocycles. The third-order valence-electron chi connectivity index (χ3n) is 4.69. The first-order valence-corrected chi connectivity index (χ1v) is 9.32. The Kier molecular flexibility index (Phi) is 7.03. The van der Waals surface area contributed by atoms with Gasteiger partial charge in [0.25, 0.3) is 0 Å². The fourth-order valence-electron chi connectivity index (χ4n) is 3.29. The second kappa shape index (κ2) is 9.68. The molecule has 1 saturated heterocycles. The molecule has 0 saturated carbocycles. The van der Waals surface area contributed by atoms with Crippen LogP contribution in [0.5, 0.6) is 5.75 Å². The summed E-state index contributed by atoms with van der Waals surface area (Å²) in [5.74, 6) is 0.770. The average Bonchev–Trinajstić information content (AvgIpc) is 2.96. The minimum absolute atomic E-state index is 0.0477. The van der Waals surface area contributed by atoms with Crippen LogP contribution >= 0.6 is 0 Å². The molecule has 1 aromatic rings. The molecule has 3 rings (SSSR count). The monoisotopic (exact) mass is 378 g/mol. The number of amides is 1. The van der Waals surface area contributed by atoms with E-state index in [1.54, 1.807) is 19.3 Å². The second-order valence-electron chi connectivity index (χ2n) is 6.67. The number of rotatable bonds is 7. The number of hydrogen-bond donors (Lipinski definition) is 3. The van der Waals surface area contributed by atoms with E-state index in [2.05, 4.69) is 21.1 Å². The molecule has 2 aliphatic rings. The molecule has 1 aromatic carbocycles. The highest BCUT2D eigenvalue weighted by molar-refractivity contribution is 5.77. The zero-order chi connectivity index (χ0) is 19.1. The number of hydrazine groups is 1. The van der Waals surface area contributed by atoms with Crippen LogP contribution in [-0.2, 0) is 9.53 Å². The Hall–Kier alpha value is -2.16. The van der Waals surface area contributed by atoms with E-state index in [0.29, 0.717) is 23.6 Å². The minimum Gasteiger partial charge on any atom is -0.496 e. The molecule has 1 atom stereocenters. The predicted molar refractivity (Wildman–Crippen MR) is 99.3 cm³/mol. The summed E-state index contributed by atoms with van der Waals surface area (Å²) in [6, 6.07) is 4.07. The van der Waals surface area contributed by atoms with Crippen LogP contribution < -0.4 is 20.9 Å². The number of ether oxygens (including phenoxy) is 2. The van der Waals surface area contributed by atoms with Gasteiger partial charge in [0.2, 0.25) is 5.91 Å². The lowest BCUT2D eigenvalue weighted by Crippen LogP contribution is -2.35. The summed E-state index contributed by atoms with van der Waals surface area (Å²) >= 11 is 0. The number of methoxy groups -OCH3 is 1. The van der Waals surface area contributed by atoms with Crippen LogP contribution in [0.15, 0.2) is 30.1 Å². The highest BCUT2D eigenvalue weighted by atomic mass is 19.1. The fraction of sp³-hybridized carbons (Fsp3) is 0.526. The molecule has 27 heavy (non-hydrogen) atoms. The number of nitrogens with one attached hydrogen (secondary N) is 3. The van der Waals surface area contributed by atoms with Crippen molar-refractivity contribution in [1.29, 1.82) is 0 Å². The number of hydrogen-bond acceptors (Lipinski definition) is 6. The van der Waals surface area contributed by atoms with E-state index in [9.17, 15) is 9.18 Å². The van der Waals surface area contributed by atoms with Gasteiger partial charge in [-0.15, -0.1) is 0 Å². The van der Waals surface area contributed by atoms with Crippen LogP contribution in [-0.4, -0.2) is 50.8 Å². The van der Waals surface area contributed by atoms with Gasteiger partial charge in [-0.05, 0) is 43.7 Å². The molecule has 8 heteroatoms. The lowest BCUT2D eigenvalue weighted by molar-refractivity contribution is -0.120. The average molecular weight is 378 g/mol. The van der Waals surface area contributed by atoms with Crippen molar-refractivity contribution in [2.75, 3.05) is 40.0 Å². The Morgan fingerprint density at radius 3 is 3.15 bits per heavy atom. The van der Waals surface area contributed by atoms with Crippen LogP contribution in [0.2, 0.25) is 0 Å². The molecule has 1 fully saturated rings. The first-order chi connectivity index (χ1) is 13.2. The van der Waals surface area contributed by atoms with Crippen molar-refractivity contribution in [3.8, 4) is 5.75 Å². The zero-order valence-corrected chi connectivity index (χ0v) is 15.6. The van der Waals surface area contributed by atoms with E-state index in [-0.39, 0.29) is 17.8 Å². The highest BCUT2D eigenvalue weighted by Gasteiger charge is 2.21. The van der Waals surface area contributed by atoms with E-state index in [4.69, 9.17) is 9.47 Å². The summed E-state index contributed by atoms with van der Waals surface area (Å²) in [5.41, 5.74) is 6.61. The molecule has 7 nitrogen and oxygen atoms in total. The van der Waals surface area contributed by atoms with E-state index in [1.165, 1.54) is 12.1 Å². The number of carbonyl (C=O) groups excluding carboxylic acids is 1. The lowest BCUT2D eigenvalue weighted by Gasteiger charge is -2.18. The van der Waals surface area contributed by atoms with E-state index >= 15 is 0 Å². The van der Waals surface area contributed by atoms with Gasteiger partial charge in [0, 0.05) is 31.7 Å². The van der Waals surface area contributed by atoms with Crippen molar-refractivity contribution >= 4 is 5.91 Å². The molecule has 0 bridgehead atoms. The van der Waals surface area contributed by atoms with Crippen LogP contribution in [0.4, 0.5) is 4.39 Å². The molecule has 2 aliphatic heterocycles. The summed E-state index contributed by atoms with van der Waals surface area (Å²) in [5, 5.41) is 2.85. The Balaban J connectivity index is 1.47. The van der Waals surface area contributed by atoms with Gasteiger partial charge in [0.1, 0.15) is 17.4 Å². The summed E-state index contributed by atoms with van der Waals surface area (Å²) in [6.07, 6.45) is 4.10. The molecule has 1 amide bonds. The van der Waals surface area contributed by atoms with E-state index in [0.717, 1.165) is 45.7 Å². The molecule has 0 radical (unpaired) electrons. The molecule has 0 aliphatic carbocycles. The van der Waals surface area contributed by atoms with Crippen LogP contribution in [0.25, 0.3) is 0 Å². The maximum atomic E-state index is 13.6. The smallest absolute Gasteiger partial charge is 0.225 e.